The van der Waals surface area contributed by atoms with Gasteiger partial charge in [-0.2, -0.15) is 0 Å². The summed E-state index contributed by atoms with van der Waals surface area (Å²) in [4.78, 5) is 17.7. The first-order chi connectivity index (χ1) is 9.12. The van der Waals surface area contributed by atoms with Crippen molar-refractivity contribution in [1.82, 2.24) is 9.97 Å². The molecule has 0 spiro atoms. The van der Waals surface area contributed by atoms with Crippen LogP contribution < -0.4 is 5.32 Å². The average molecular weight is 277 g/mol. The number of benzene rings is 1. The standard InChI is InChI=1S/C11H10N4O3S/c16-8-14-9-2-4-10(5-3-9)19(17,18)15-11-12-6-1-7-13-11/h1-8H,(H2,12,13,14,15,16)/p-1. The minimum absolute atomic E-state index is 0.00333. The van der Waals surface area contributed by atoms with E-state index in [1.165, 1.54) is 36.7 Å². The molecular weight excluding hydrogens is 268 g/mol. The number of aromatic nitrogens is 2. The largest absolute Gasteiger partial charge is 0.366 e. The Bertz CT molecular complexity index is 656. The van der Waals surface area contributed by atoms with Gasteiger partial charge in [0.1, 0.15) is 0 Å². The number of anilines is 1. The van der Waals surface area contributed by atoms with Crippen LogP contribution in [0.15, 0.2) is 47.6 Å². The second kappa shape index (κ2) is 5.44. The van der Waals surface area contributed by atoms with Crippen LogP contribution in [0.25, 0.3) is 4.72 Å². The zero-order valence-electron chi connectivity index (χ0n) is 9.59. The van der Waals surface area contributed by atoms with E-state index >= 15 is 0 Å². The van der Waals surface area contributed by atoms with Crippen LogP contribution in [0, 0.1) is 0 Å². The molecule has 2 aromatic rings. The Morgan fingerprint density at radius 1 is 1.11 bits per heavy atom. The summed E-state index contributed by atoms with van der Waals surface area (Å²) >= 11 is 0. The van der Waals surface area contributed by atoms with Crippen LogP contribution >= 0.6 is 0 Å². The first-order valence-corrected chi connectivity index (χ1v) is 6.61. The summed E-state index contributed by atoms with van der Waals surface area (Å²) in [5.74, 6) is -0.127. The lowest BCUT2D eigenvalue weighted by atomic mass is 10.3. The zero-order chi connectivity index (χ0) is 13.7. The zero-order valence-corrected chi connectivity index (χ0v) is 10.4. The quantitative estimate of drug-likeness (QED) is 0.833. The SMILES string of the molecule is O=CNc1ccc(S(=O)(=O)[N-]c2ncccn2)cc1. The van der Waals surface area contributed by atoms with Crippen molar-refractivity contribution < 1.29 is 13.2 Å². The van der Waals surface area contributed by atoms with Gasteiger partial charge in [-0.15, -0.1) is 0 Å². The minimum atomic E-state index is -3.86. The number of rotatable bonds is 5. The fourth-order valence-corrected chi connectivity index (χ4v) is 2.18. The molecule has 2 rings (SSSR count). The van der Waals surface area contributed by atoms with Gasteiger partial charge in [0, 0.05) is 11.6 Å². The number of amides is 1. The van der Waals surface area contributed by atoms with Crippen LogP contribution in [-0.4, -0.2) is 24.8 Å². The first kappa shape index (κ1) is 13.0. The maximum atomic E-state index is 11.9. The summed E-state index contributed by atoms with van der Waals surface area (Å²) in [6.07, 6.45) is 3.31. The Balaban J connectivity index is 2.22. The van der Waals surface area contributed by atoms with E-state index in [9.17, 15) is 13.2 Å². The highest BCUT2D eigenvalue weighted by Gasteiger charge is 2.11. The second-order valence-corrected chi connectivity index (χ2v) is 5.01. The van der Waals surface area contributed by atoms with Gasteiger partial charge >= 0.3 is 0 Å². The molecule has 0 aliphatic heterocycles. The molecule has 8 heteroatoms. The van der Waals surface area contributed by atoms with E-state index < -0.39 is 10.0 Å². The fraction of sp³-hybridized carbons (Fsp3) is 0. The predicted octanol–water partition coefficient (Wildman–Crippen LogP) is 1.44. The Morgan fingerprint density at radius 2 is 1.74 bits per heavy atom. The van der Waals surface area contributed by atoms with E-state index in [1.54, 1.807) is 6.07 Å². The minimum Gasteiger partial charge on any atom is -0.366 e. The summed E-state index contributed by atoms with van der Waals surface area (Å²) in [5, 5.41) is 2.41. The van der Waals surface area contributed by atoms with E-state index in [1.807, 2.05) is 0 Å². The van der Waals surface area contributed by atoms with Gasteiger partial charge in [0.25, 0.3) is 0 Å². The molecule has 0 fully saturated rings. The average Bonchev–Trinajstić information content (AvgIpc) is 2.40. The Morgan fingerprint density at radius 3 is 2.32 bits per heavy atom. The van der Waals surface area contributed by atoms with Gasteiger partial charge in [0.05, 0.1) is 4.90 Å². The first-order valence-electron chi connectivity index (χ1n) is 5.17. The van der Waals surface area contributed by atoms with Gasteiger partial charge < -0.3 is 15.3 Å². The number of sulfonamides is 1. The third-order valence-corrected chi connectivity index (χ3v) is 3.40. The monoisotopic (exact) mass is 277 g/mol. The molecule has 1 heterocycles. The van der Waals surface area contributed by atoms with Crippen molar-refractivity contribution in [3.63, 3.8) is 0 Å². The Labute approximate surface area is 109 Å². The molecule has 1 N–H and O–H groups in total. The molecule has 1 aromatic heterocycles. The number of nitrogens with zero attached hydrogens (tertiary/aromatic N) is 3. The van der Waals surface area contributed by atoms with E-state index in [-0.39, 0.29) is 10.8 Å². The van der Waals surface area contributed by atoms with Gasteiger partial charge in [-0.3, -0.25) is 9.52 Å². The summed E-state index contributed by atoms with van der Waals surface area (Å²) in [6, 6.07) is 7.16. The van der Waals surface area contributed by atoms with Crippen molar-refractivity contribution in [2.24, 2.45) is 0 Å². The third-order valence-electron chi connectivity index (χ3n) is 2.13. The third kappa shape index (κ3) is 3.26. The maximum Gasteiger partial charge on any atom is 0.229 e. The molecule has 0 bridgehead atoms. The van der Waals surface area contributed by atoms with Crippen LogP contribution in [0.5, 0.6) is 0 Å². The molecule has 1 aromatic carbocycles. The molecule has 0 saturated carbocycles. The lowest BCUT2D eigenvalue weighted by Gasteiger charge is -2.12. The van der Waals surface area contributed by atoms with Gasteiger partial charge in [0.15, 0.2) is 0 Å². The van der Waals surface area contributed by atoms with Gasteiger partial charge in [0.2, 0.25) is 16.4 Å². The normalized spacial score (nSPS) is 10.7. The number of hydrogen-bond donors (Lipinski definition) is 1. The number of carbonyl (C=O) groups is 1. The Hall–Kier alpha value is -2.48. The number of nitrogens with one attached hydrogen (secondary N) is 1. The maximum absolute atomic E-state index is 11.9. The number of hydrogen-bond acceptors (Lipinski definition) is 5. The molecule has 7 nitrogen and oxygen atoms in total. The fourth-order valence-electron chi connectivity index (χ4n) is 1.29. The van der Waals surface area contributed by atoms with Gasteiger partial charge in [-0.05, 0) is 36.7 Å². The topological polar surface area (TPSA) is 103 Å². The summed E-state index contributed by atoms with van der Waals surface area (Å²) in [6.45, 7) is 0. The molecule has 0 aliphatic rings. The highest BCUT2D eigenvalue weighted by atomic mass is 32.2. The van der Waals surface area contributed by atoms with Crippen molar-refractivity contribution in [2.75, 3.05) is 5.32 Å². The van der Waals surface area contributed by atoms with Crippen molar-refractivity contribution >= 4 is 28.1 Å². The molecular formula is C11H9N4O3S-. The van der Waals surface area contributed by atoms with Gasteiger partial charge in [-0.1, -0.05) is 6.07 Å². The lowest BCUT2D eigenvalue weighted by molar-refractivity contribution is -0.105. The molecule has 98 valence electrons. The van der Waals surface area contributed by atoms with Gasteiger partial charge in [-0.25, -0.2) is 8.42 Å². The van der Waals surface area contributed by atoms with Crippen LogP contribution in [0.1, 0.15) is 0 Å². The van der Waals surface area contributed by atoms with Crippen molar-refractivity contribution in [3.05, 3.63) is 47.4 Å². The van der Waals surface area contributed by atoms with E-state index in [0.717, 1.165) is 0 Å². The number of carbonyl (C=O) groups excluding carboxylic acids is 1. The van der Waals surface area contributed by atoms with Crippen LogP contribution in [0.3, 0.4) is 0 Å². The van der Waals surface area contributed by atoms with E-state index in [0.29, 0.717) is 12.1 Å². The van der Waals surface area contributed by atoms with E-state index in [4.69, 9.17) is 0 Å². The Kier molecular flexibility index (Phi) is 3.71. The molecule has 0 radical (unpaired) electrons. The lowest BCUT2D eigenvalue weighted by Crippen LogP contribution is -2.00. The van der Waals surface area contributed by atoms with Crippen molar-refractivity contribution in [2.45, 2.75) is 4.90 Å². The molecule has 0 atom stereocenters. The smallest absolute Gasteiger partial charge is 0.229 e. The van der Waals surface area contributed by atoms with E-state index in [2.05, 4.69) is 20.0 Å². The highest BCUT2D eigenvalue weighted by Crippen LogP contribution is 2.24. The predicted molar refractivity (Wildman–Crippen MR) is 68.4 cm³/mol. The molecule has 0 saturated heterocycles. The van der Waals surface area contributed by atoms with Crippen LogP contribution in [-0.2, 0) is 14.8 Å². The molecule has 19 heavy (non-hydrogen) atoms. The summed E-state index contributed by atoms with van der Waals surface area (Å²) in [7, 11) is -3.86. The highest BCUT2D eigenvalue weighted by molar-refractivity contribution is 7.94. The summed E-state index contributed by atoms with van der Waals surface area (Å²) in [5.41, 5.74) is 0.491. The molecule has 1 amide bonds. The molecule has 0 unspecified atom stereocenters. The molecule has 0 aliphatic carbocycles. The van der Waals surface area contributed by atoms with Crippen LogP contribution in [0.2, 0.25) is 0 Å². The van der Waals surface area contributed by atoms with Crippen molar-refractivity contribution in [3.8, 4) is 0 Å². The summed E-state index contributed by atoms with van der Waals surface area (Å²) < 4.78 is 27.4. The van der Waals surface area contributed by atoms with Crippen molar-refractivity contribution in [1.29, 1.82) is 0 Å². The van der Waals surface area contributed by atoms with Crippen LogP contribution in [0.4, 0.5) is 11.6 Å². The second-order valence-electron chi connectivity index (χ2n) is 3.40.